The fraction of sp³-hybridized carbons (Fsp3) is 0.371. The molecule has 2 aliphatic rings. The van der Waals surface area contributed by atoms with Gasteiger partial charge in [-0.25, -0.2) is 4.79 Å². The molecular weight excluding hydrogens is 588 g/mol. The molecule has 5 amide bonds. The standard InChI is InChI=1S/C35H40N4O7/c40-30(18-19-34(44)39-24-27-12-4-3-10-25(27)16-17-26-11-5-6-14-29(26)39)36-22-8-7-13-28(35(45)46)37-31(41)15-2-1-9-23-38-32(42)20-21-33(38)43/h3-6,10-12,14,16-17,20-21,28H,1-2,7-9,13,15,18-19,22-24H2,(H,36,40)(H,37,41)(H,45,46)/b17-16-/t28-/m1/s1. The van der Waals surface area contributed by atoms with E-state index in [0.717, 1.165) is 27.3 Å². The number of para-hydroxylation sites is 1. The number of rotatable bonds is 16. The summed E-state index contributed by atoms with van der Waals surface area (Å²) in [5.74, 6) is -2.58. The molecule has 2 aromatic carbocycles. The molecule has 0 saturated heterocycles. The van der Waals surface area contributed by atoms with Crippen LogP contribution in [0.5, 0.6) is 0 Å². The molecule has 0 unspecified atom stereocenters. The van der Waals surface area contributed by atoms with Gasteiger partial charge in [0.05, 0.1) is 12.2 Å². The number of hydrogen-bond donors (Lipinski definition) is 3. The largest absolute Gasteiger partial charge is 0.480 e. The minimum Gasteiger partial charge on any atom is -0.480 e. The second-order valence-corrected chi connectivity index (χ2v) is 11.3. The van der Waals surface area contributed by atoms with E-state index >= 15 is 0 Å². The summed E-state index contributed by atoms with van der Waals surface area (Å²) in [5.41, 5.74) is 3.78. The maximum absolute atomic E-state index is 13.3. The van der Waals surface area contributed by atoms with Crippen LogP contribution in [-0.4, -0.2) is 64.6 Å². The van der Waals surface area contributed by atoms with Crippen molar-refractivity contribution in [2.24, 2.45) is 0 Å². The van der Waals surface area contributed by atoms with E-state index in [-0.39, 0.29) is 61.8 Å². The third-order valence-electron chi connectivity index (χ3n) is 7.98. The number of carbonyl (C=O) groups excluding carboxylic acids is 5. The van der Waals surface area contributed by atoms with Crippen molar-refractivity contribution < 1.29 is 33.9 Å². The number of aliphatic carboxylic acids is 1. The zero-order chi connectivity index (χ0) is 32.9. The van der Waals surface area contributed by atoms with Crippen LogP contribution in [0.2, 0.25) is 0 Å². The van der Waals surface area contributed by atoms with Gasteiger partial charge in [0.25, 0.3) is 11.8 Å². The average Bonchev–Trinajstić information content (AvgIpc) is 3.36. The van der Waals surface area contributed by atoms with Gasteiger partial charge in [-0.15, -0.1) is 0 Å². The average molecular weight is 629 g/mol. The van der Waals surface area contributed by atoms with Gasteiger partial charge in [-0.3, -0.25) is 28.9 Å². The summed E-state index contributed by atoms with van der Waals surface area (Å²) < 4.78 is 0. The molecule has 11 heteroatoms. The van der Waals surface area contributed by atoms with Crippen molar-refractivity contribution in [2.45, 2.75) is 70.4 Å². The van der Waals surface area contributed by atoms with Crippen LogP contribution < -0.4 is 15.5 Å². The maximum atomic E-state index is 13.3. The van der Waals surface area contributed by atoms with E-state index in [1.807, 2.05) is 60.7 Å². The molecule has 4 rings (SSSR count). The minimum atomic E-state index is -1.13. The third kappa shape index (κ3) is 9.72. The topological polar surface area (TPSA) is 153 Å². The molecule has 0 saturated carbocycles. The number of unbranched alkanes of at least 4 members (excludes halogenated alkanes) is 3. The molecule has 0 fully saturated rings. The lowest BCUT2D eigenvalue weighted by Crippen LogP contribution is -2.40. The van der Waals surface area contributed by atoms with Crippen molar-refractivity contribution in [1.82, 2.24) is 15.5 Å². The molecule has 1 atom stereocenters. The Morgan fingerprint density at radius 3 is 2.20 bits per heavy atom. The van der Waals surface area contributed by atoms with E-state index < -0.39 is 12.0 Å². The summed E-state index contributed by atoms with van der Waals surface area (Å²) >= 11 is 0. The Morgan fingerprint density at radius 2 is 1.43 bits per heavy atom. The van der Waals surface area contributed by atoms with Gasteiger partial charge in [0.15, 0.2) is 0 Å². The monoisotopic (exact) mass is 628 g/mol. The second kappa shape index (κ2) is 16.9. The van der Waals surface area contributed by atoms with Crippen molar-refractivity contribution in [3.05, 3.63) is 77.4 Å². The van der Waals surface area contributed by atoms with E-state index in [1.54, 1.807) is 4.90 Å². The lowest BCUT2D eigenvalue weighted by atomic mass is 10.0. The van der Waals surface area contributed by atoms with E-state index in [1.165, 1.54) is 12.2 Å². The van der Waals surface area contributed by atoms with Gasteiger partial charge in [-0.1, -0.05) is 61.0 Å². The van der Waals surface area contributed by atoms with Crippen molar-refractivity contribution in [3.63, 3.8) is 0 Å². The SMILES string of the molecule is O=C(CCC(=O)N1Cc2ccccc2/C=C\c2ccccc21)NCCCC[C@@H](NC(=O)CCCCCN1C(=O)C=CC1=O)C(=O)O. The quantitative estimate of drug-likeness (QED) is 0.189. The second-order valence-electron chi connectivity index (χ2n) is 11.3. The molecule has 0 aliphatic carbocycles. The van der Waals surface area contributed by atoms with E-state index in [0.29, 0.717) is 45.2 Å². The van der Waals surface area contributed by atoms with Gasteiger partial charge >= 0.3 is 5.97 Å². The highest BCUT2D eigenvalue weighted by molar-refractivity contribution is 6.12. The highest BCUT2D eigenvalue weighted by atomic mass is 16.4. The van der Waals surface area contributed by atoms with Crippen LogP contribution in [0, 0.1) is 0 Å². The Bertz CT molecular complexity index is 1500. The summed E-state index contributed by atoms with van der Waals surface area (Å²) in [5, 5.41) is 14.9. The van der Waals surface area contributed by atoms with Crippen LogP contribution >= 0.6 is 0 Å². The molecular formula is C35H40N4O7. The van der Waals surface area contributed by atoms with Crippen LogP contribution in [0.4, 0.5) is 5.69 Å². The lowest BCUT2D eigenvalue weighted by molar-refractivity contribution is -0.142. The Hall–Kier alpha value is -5.06. The number of imide groups is 1. The number of fused-ring (bicyclic) bond motifs is 2. The number of carboxylic acid groups (broad SMARTS) is 1. The molecule has 2 heterocycles. The fourth-order valence-corrected chi connectivity index (χ4v) is 5.43. The first-order valence-electron chi connectivity index (χ1n) is 15.7. The van der Waals surface area contributed by atoms with Gasteiger partial charge in [0.1, 0.15) is 6.04 Å². The highest BCUT2D eigenvalue weighted by Gasteiger charge is 2.24. The number of amides is 5. The van der Waals surface area contributed by atoms with Crippen LogP contribution in [0.1, 0.15) is 74.5 Å². The fourth-order valence-electron chi connectivity index (χ4n) is 5.43. The minimum absolute atomic E-state index is 0.0321. The Kier molecular flexibility index (Phi) is 12.4. The summed E-state index contributed by atoms with van der Waals surface area (Å²) in [7, 11) is 0. The van der Waals surface area contributed by atoms with Crippen molar-refractivity contribution in [3.8, 4) is 0 Å². The molecule has 46 heavy (non-hydrogen) atoms. The molecule has 11 nitrogen and oxygen atoms in total. The number of carboxylic acids is 1. The predicted octanol–water partition coefficient (Wildman–Crippen LogP) is 3.83. The molecule has 3 N–H and O–H groups in total. The van der Waals surface area contributed by atoms with Crippen LogP contribution in [-0.2, 0) is 35.3 Å². The van der Waals surface area contributed by atoms with Gasteiger partial charge in [-0.2, -0.15) is 0 Å². The van der Waals surface area contributed by atoms with Gasteiger partial charge in [0.2, 0.25) is 17.7 Å². The van der Waals surface area contributed by atoms with Crippen molar-refractivity contribution in [2.75, 3.05) is 18.0 Å². The summed E-state index contributed by atoms with van der Waals surface area (Å²) in [6.07, 6.45) is 9.61. The molecule has 2 aromatic rings. The normalized spacial score (nSPS) is 15.0. The number of hydrogen-bond acceptors (Lipinski definition) is 6. The van der Waals surface area contributed by atoms with Gasteiger partial charge < -0.3 is 20.6 Å². The first-order chi connectivity index (χ1) is 22.2. The molecule has 2 aliphatic heterocycles. The predicted molar refractivity (Wildman–Crippen MR) is 173 cm³/mol. The van der Waals surface area contributed by atoms with Crippen molar-refractivity contribution in [1.29, 1.82) is 0 Å². The van der Waals surface area contributed by atoms with Gasteiger partial charge in [0, 0.05) is 44.5 Å². The smallest absolute Gasteiger partial charge is 0.326 e. The first kappa shape index (κ1) is 33.8. The lowest BCUT2D eigenvalue weighted by Gasteiger charge is -2.27. The Morgan fingerprint density at radius 1 is 0.739 bits per heavy atom. The summed E-state index contributed by atoms with van der Waals surface area (Å²) in [4.78, 5) is 75.8. The number of benzene rings is 2. The van der Waals surface area contributed by atoms with E-state index in [9.17, 15) is 33.9 Å². The number of nitrogens with one attached hydrogen (secondary N) is 2. The Labute approximate surface area is 268 Å². The first-order valence-corrected chi connectivity index (χ1v) is 15.7. The molecule has 0 spiro atoms. The Balaban J connectivity index is 1.12. The summed E-state index contributed by atoms with van der Waals surface area (Å²) in [6.45, 7) is 1.02. The van der Waals surface area contributed by atoms with E-state index in [4.69, 9.17) is 0 Å². The highest BCUT2D eigenvalue weighted by Crippen LogP contribution is 2.29. The third-order valence-corrected chi connectivity index (χ3v) is 7.98. The zero-order valence-electron chi connectivity index (χ0n) is 25.8. The molecule has 0 bridgehead atoms. The number of carbonyl (C=O) groups is 6. The molecule has 0 aromatic heterocycles. The maximum Gasteiger partial charge on any atom is 0.326 e. The van der Waals surface area contributed by atoms with Crippen LogP contribution in [0.3, 0.4) is 0 Å². The van der Waals surface area contributed by atoms with Crippen LogP contribution in [0.25, 0.3) is 12.2 Å². The van der Waals surface area contributed by atoms with E-state index in [2.05, 4.69) is 10.6 Å². The zero-order valence-corrected chi connectivity index (χ0v) is 25.8. The number of nitrogens with zero attached hydrogens (tertiary/aromatic N) is 2. The van der Waals surface area contributed by atoms with Crippen molar-refractivity contribution >= 4 is 53.3 Å². The van der Waals surface area contributed by atoms with Gasteiger partial charge in [-0.05, 0) is 54.9 Å². The molecule has 242 valence electrons. The molecule has 0 radical (unpaired) electrons. The number of anilines is 1. The van der Waals surface area contributed by atoms with Crippen LogP contribution in [0.15, 0.2) is 60.7 Å². The summed E-state index contributed by atoms with van der Waals surface area (Å²) in [6, 6.07) is 14.5.